The van der Waals surface area contributed by atoms with Crippen molar-refractivity contribution in [3.63, 3.8) is 0 Å². The Labute approximate surface area is 89.0 Å². The van der Waals surface area contributed by atoms with Crippen LogP contribution in [0.1, 0.15) is 10.4 Å². The molecule has 4 nitrogen and oxygen atoms in total. The first kappa shape index (κ1) is 12.3. The van der Waals surface area contributed by atoms with Gasteiger partial charge in [0.05, 0.1) is 18.9 Å². The van der Waals surface area contributed by atoms with Crippen LogP contribution < -0.4 is 4.74 Å². The molecule has 0 bridgehead atoms. The van der Waals surface area contributed by atoms with Gasteiger partial charge in [0.2, 0.25) is 0 Å². The summed E-state index contributed by atoms with van der Waals surface area (Å²) in [5.74, 6) is -0.829. The number of hydrogen-bond acceptors (Lipinski definition) is 4. The smallest absolute Gasteiger partial charge is 0.422 e. The van der Waals surface area contributed by atoms with Crippen molar-refractivity contribution >= 4 is 5.97 Å². The van der Waals surface area contributed by atoms with E-state index in [0.717, 1.165) is 19.4 Å². The normalized spacial score (nSPS) is 11.0. The number of nitrogens with zero attached hydrogens (tertiary/aromatic N) is 1. The zero-order valence-electron chi connectivity index (χ0n) is 8.25. The van der Waals surface area contributed by atoms with Gasteiger partial charge in [-0.3, -0.25) is 4.98 Å². The van der Waals surface area contributed by atoms with Crippen LogP contribution in [0.4, 0.5) is 13.2 Å². The first-order chi connectivity index (χ1) is 7.42. The van der Waals surface area contributed by atoms with Gasteiger partial charge >= 0.3 is 12.1 Å². The van der Waals surface area contributed by atoms with Crippen LogP contribution >= 0.6 is 0 Å². The van der Waals surface area contributed by atoms with Gasteiger partial charge in [-0.15, -0.1) is 0 Å². The monoisotopic (exact) mass is 235 g/mol. The zero-order chi connectivity index (χ0) is 12.2. The predicted octanol–water partition coefficient (Wildman–Crippen LogP) is 1.81. The molecule has 0 amide bonds. The third-order valence-corrected chi connectivity index (χ3v) is 1.54. The maximum Gasteiger partial charge on any atom is 0.422 e. The standard InChI is InChI=1S/C9H8F3NO3/c1-15-8(14)6-2-7(4-13-3-6)16-5-9(10,11)12/h2-4H,5H2,1H3. The number of carbonyl (C=O) groups is 1. The number of methoxy groups -OCH3 is 1. The first-order valence-electron chi connectivity index (χ1n) is 4.15. The molecule has 88 valence electrons. The number of rotatable bonds is 3. The lowest BCUT2D eigenvalue weighted by Gasteiger charge is -2.09. The summed E-state index contributed by atoms with van der Waals surface area (Å²) >= 11 is 0. The van der Waals surface area contributed by atoms with E-state index in [2.05, 4.69) is 14.5 Å². The number of alkyl halides is 3. The van der Waals surface area contributed by atoms with Gasteiger partial charge in [-0.1, -0.05) is 0 Å². The fourth-order valence-corrected chi connectivity index (χ4v) is 0.892. The van der Waals surface area contributed by atoms with Crippen molar-refractivity contribution < 1.29 is 27.4 Å². The molecule has 0 atom stereocenters. The second-order valence-electron chi connectivity index (χ2n) is 2.80. The van der Waals surface area contributed by atoms with E-state index in [1.165, 1.54) is 6.20 Å². The zero-order valence-corrected chi connectivity index (χ0v) is 8.25. The largest absolute Gasteiger partial charge is 0.482 e. The maximum absolute atomic E-state index is 11.8. The fraction of sp³-hybridized carbons (Fsp3) is 0.333. The van der Waals surface area contributed by atoms with Crippen LogP contribution in [0.5, 0.6) is 5.75 Å². The molecular formula is C9H8F3NO3. The van der Waals surface area contributed by atoms with Crippen molar-refractivity contribution in [1.29, 1.82) is 0 Å². The summed E-state index contributed by atoms with van der Waals surface area (Å²) in [6, 6.07) is 1.13. The number of carbonyl (C=O) groups excluding carboxylic acids is 1. The van der Waals surface area contributed by atoms with Gasteiger partial charge in [0.25, 0.3) is 0 Å². The van der Waals surface area contributed by atoms with Crippen LogP contribution in [0, 0.1) is 0 Å². The van der Waals surface area contributed by atoms with E-state index in [9.17, 15) is 18.0 Å². The second-order valence-corrected chi connectivity index (χ2v) is 2.80. The van der Waals surface area contributed by atoms with Crippen LogP contribution in [0.2, 0.25) is 0 Å². The lowest BCUT2D eigenvalue weighted by molar-refractivity contribution is -0.153. The molecule has 1 aromatic heterocycles. The summed E-state index contributed by atoms with van der Waals surface area (Å²) in [6.45, 7) is -1.43. The summed E-state index contributed by atoms with van der Waals surface area (Å²) in [7, 11) is 1.16. The molecular weight excluding hydrogens is 227 g/mol. The van der Waals surface area contributed by atoms with Gasteiger partial charge in [0, 0.05) is 6.20 Å². The molecule has 0 spiro atoms. The van der Waals surface area contributed by atoms with Gasteiger partial charge in [-0.05, 0) is 6.07 Å². The van der Waals surface area contributed by atoms with E-state index >= 15 is 0 Å². The Morgan fingerprint density at radius 1 is 1.44 bits per heavy atom. The van der Waals surface area contributed by atoms with Gasteiger partial charge in [-0.25, -0.2) is 4.79 Å². The lowest BCUT2D eigenvalue weighted by Crippen LogP contribution is -2.19. The summed E-state index contributed by atoms with van der Waals surface area (Å²) < 4.78 is 44.3. The van der Waals surface area contributed by atoms with Crippen molar-refractivity contribution in [1.82, 2.24) is 4.98 Å². The van der Waals surface area contributed by atoms with Crippen molar-refractivity contribution in [2.45, 2.75) is 6.18 Å². The van der Waals surface area contributed by atoms with E-state index in [1.54, 1.807) is 0 Å². The molecule has 0 aliphatic heterocycles. The van der Waals surface area contributed by atoms with Crippen molar-refractivity contribution in [2.24, 2.45) is 0 Å². The van der Waals surface area contributed by atoms with Gasteiger partial charge in [0.15, 0.2) is 6.61 Å². The topological polar surface area (TPSA) is 48.4 Å². The van der Waals surface area contributed by atoms with E-state index < -0.39 is 18.8 Å². The molecule has 0 unspecified atom stereocenters. The minimum Gasteiger partial charge on any atom is -0.482 e. The third-order valence-electron chi connectivity index (χ3n) is 1.54. The van der Waals surface area contributed by atoms with Crippen LogP contribution in [-0.2, 0) is 4.74 Å². The summed E-state index contributed by atoms with van der Waals surface area (Å²) in [5, 5.41) is 0. The highest BCUT2D eigenvalue weighted by atomic mass is 19.4. The van der Waals surface area contributed by atoms with Crippen LogP contribution in [0.3, 0.4) is 0 Å². The molecule has 0 N–H and O–H groups in total. The van der Waals surface area contributed by atoms with Crippen molar-refractivity contribution in [3.8, 4) is 5.75 Å². The third kappa shape index (κ3) is 3.76. The summed E-state index contributed by atoms with van der Waals surface area (Å²) in [5.41, 5.74) is 0.0298. The van der Waals surface area contributed by atoms with Crippen LogP contribution in [0.25, 0.3) is 0 Å². The number of hydrogen-bond donors (Lipinski definition) is 0. The molecule has 0 aliphatic rings. The molecule has 0 saturated heterocycles. The summed E-state index contributed by atoms with van der Waals surface area (Å²) in [4.78, 5) is 14.6. The average molecular weight is 235 g/mol. The molecule has 1 heterocycles. The second kappa shape index (κ2) is 4.82. The molecule has 0 fully saturated rings. The van der Waals surface area contributed by atoms with Gasteiger partial charge in [-0.2, -0.15) is 13.2 Å². The van der Waals surface area contributed by atoms with Crippen LogP contribution in [-0.4, -0.2) is 30.8 Å². The quantitative estimate of drug-likeness (QED) is 0.749. The Hall–Kier alpha value is -1.79. The molecule has 0 saturated carbocycles. The Morgan fingerprint density at radius 3 is 2.69 bits per heavy atom. The highest BCUT2D eigenvalue weighted by Gasteiger charge is 2.28. The predicted molar refractivity (Wildman–Crippen MR) is 47.1 cm³/mol. The van der Waals surface area contributed by atoms with Crippen molar-refractivity contribution in [3.05, 3.63) is 24.0 Å². The average Bonchev–Trinajstić information content (AvgIpc) is 2.25. The first-order valence-corrected chi connectivity index (χ1v) is 4.15. The number of pyridine rings is 1. The van der Waals surface area contributed by atoms with E-state index in [1.807, 2.05) is 0 Å². The lowest BCUT2D eigenvalue weighted by atomic mass is 10.3. The molecule has 0 radical (unpaired) electrons. The molecule has 1 aromatic rings. The minimum atomic E-state index is -4.43. The number of halogens is 3. The summed E-state index contributed by atoms with van der Waals surface area (Å²) in [6.07, 6.45) is -2.17. The Balaban J connectivity index is 2.71. The molecule has 0 aliphatic carbocycles. The molecule has 1 rings (SSSR count). The van der Waals surface area contributed by atoms with Crippen molar-refractivity contribution in [2.75, 3.05) is 13.7 Å². The minimum absolute atomic E-state index is 0.0298. The highest BCUT2D eigenvalue weighted by Crippen LogP contribution is 2.18. The number of aromatic nitrogens is 1. The molecule has 16 heavy (non-hydrogen) atoms. The van der Waals surface area contributed by atoms with E-state index in [4.69, 9.17) is 0 Å². The van der Waals surface area contributed by atoms with Crippen LogP contribution in [0.15, 0.2) is 18.5 Å². The molecule has 7 heteroatoms. The number of esters is 1. The van der Waals surface area contributed by atoms with E-state index in [0.29, 0.717) is 0 Å². The number of ether oxygens (including phenoxy) is 2. The Morgan fingerprint density at radius 2 is 2.12 bits per heavy atom. The van der Waals surface area contributed by atoms with Gasteiger partial charge in [0.1, 0.15) is 5.75 Å². The Bertz CT molecular complexity index is 379. The fourth-order valence-electron chi connectivity index (χ4n) is 0.892. The SMILES string of the molecule is COC(=O)c1cncc(OCC(F)(F)F)c1. The van der Waals surface area contributed by atoms with Gasteiger partial charge < -0.3 is 9.47 Å². The highest BCUT2D eigenvalue weighted by molar-refractivity contribution is 5.89. The molecule has 0 aromatic carbocycles. The maximum atomic E-state index is 11.8. The van der Waals surface area contributed by atoms with E-state index in [-0.39, 0.29) is 11.3 Å². The Kier molecular flexibility index (Phi) is 3.70.